The second-order valence-electron chi connectivity index (χ2n) is 7.93. The number of carbonyl (C=O) groups excluding carboxylic acids is 1. The van der Waals surface area contributed by atoms with E-state index in [1.165, 1.54) is 25.7 Å². The fraction of sp³-hybridized carbons (Fsp3) is 0.524. The van der Waals surface area contributed by atoms with Gasteiger partial charge in [0.15, 0.2) is 0 Å². The molecule has 4 atom stereocenters. The highest BCUT2D eigenvalue weighted by molar-refractivity contribution is 5.96. The maximum Gasteiger partial charge on any atom is 0.253 e. The third-order valence-corrected chi connectivity index (χ3v) is 6.37. The van der Waals surface area contributed by atoms with Gasteiger partial charge in [-0.05, 0) is 76.0 Å². The molecule has 25 heavy (non-hydrogen) atoms. The van der Waals surface area contributed by atoms with Crippen LogP contribution in [0.1, 0.15) is 54.4 Å². The van der Waals surface area contributed by atoms with E-state index in [4.69, 9.17) is 0 Å². The molecule has 2 heterocycles. The summed E-state index contributed by atoms with van der Waals surface area (Å²) in [4.78, 5) is 17.1. The minimum atomic E-state index is 0.0542. The van der Waals surface area contributed by atoms with Crippen molar-refractivity contribution in [2.45, 2.75) is 52.5 Å². The number of aromatic nitrogens is 2. The number of hydrogen-bond acceptors (Lipinski definition) is 2. The fourth-order valence-electron chi connectivity index (χ4n) is 5.17. The van der Waals surface area contributed by atoms with Crippen molar-refractivity contribution >= 4 is 5.91 Å². The van der Waals surface area contributed by atoms with Crippen molar-refractivity contribution in [2.75, 3.05) is 0 Å². The van der Waals surface area contributed by atoms with Crippen LogP contribution in [0, 0.1) is 31.6 Å². The van der Waals surface area contributed by atoms with Crippen molar-refractivity contribution in [1.29, 1.82) is 0 Å². The van der Waals surface area contributed by atoms with Gasteiger partial charge in [-0.3, -0.25) is 9.78 Å². The highest BCUT2D eigenvalue weighted by Gasteiger charge is 2.42. The molecular formula is C21H27N3O. The molecular weight excluding hydrogens is 310 g/mol. The quantitative estimate of drug-likeness (QED) is 0.915. The summed E-state index contributed by atoms with van der Waals surface area (Å²) in [5.74, 6) is 2.44. The molecule has 4 rings (SSSR count). The van der Waals surface area contributed by atoms with Gasteiger partial charge in [0.2, 0.25) is 0 Å². The molecule has 0 aromatic carbocycles. The number of amides is 1. The van der Waals surface area contributed by atoms with Crippen LogP contribution in [0.3, 0.4) is 0 Å². The lowest BCUT2D eigenvalue weighted by molar-refractivity contribution is 0.0914. The van der Waals surface area contributed by atoms with E-state index in [1.807, 2.05) is 38.2 Å². The summed E-state index contributed by atoms with van der Waals surface area (Å²) in [6.45, 7) is 6.23. The van der Waals surface area contributed by atoms with Gasteiger partial charge >= 0.3 is 0 Å². The van der Waals surface area contributed by atoms with Crippen molar-refractivity contribution in [3.63, 3.8) is 0 Å². The van der Waals surface area contributed by atoms with Gasteiger partial charge in [0.05, 0.1) is 17.4 Å². The standard InChI is InChI=1S/C21H27N3O/c1-13-9-20(15(3)24(13)18-5-4-8-22-12-18)21(25)23-14(2)19-11-16-6-7-17(19)10-16/h4-5,8-9,12,14,16-17,19H,6-7,10-11H2,1-3H3,(H,23,25)/t14-,16+,17+,19+/m1/s1. The minimum Gasteiger partial charge on any atom is -0.349 e. The smallest absolute Gasteiger partial charge is 0.253 e. The van der Waals surface area contributed by atoms with Crippen LogP contribution in [-0.2, 0) is 0 Å². The van der Waals surface area contributed by atoms with Gasteiger partial charge in [-0.15, -0.1) is 0 Å². The lowest BCUT2D eigenvalue weighted by Crippen LogP contribution is -2.40. The highest BCUT2D eigenvalue weighted by Crippen LogP contribution is 2.49. The number of nitrogens with zero attached hydrogens (tertiary/aromatic N) is 2. The van der Waals surface area contributed by atoms with Gasteiger partial charge in [0, 0.05) is 23.6 Å². The van der Waals surface area contributed by atoms with Crippen LogP contribution in [0.5, 0.6) is 0 Å². The molecule has 2 aliphatic rings. The lowest BCUT2D eigenvalue weighted by atomic mass is 9.84. The van der Waals surface area contributed by atoms with E-state index in [0.29, 0.717) is 5.92 Å². The van der Waals surface area contributed by atoms with Crippen molar-refractivity contribution in [1.82, 2.24) is 14.9 Å². The summed E-state index contributed by atoms with van der Waals surface area (Å²) in [7, 11) is 0. The molecule has 2 bridgehead atoms. The number of aryl methyl sites for hydroxylation is 1. The highest BCUT2D eigenvalue weighted by atomic mass is 16.1. The Morgan fingerprint density at radius 2 is 2.16 bits per heavy atom. The van der Waals surface area contributed by atoms with E-state index in [2.05, 4.69) is 21.8 Å². The molecule has 2 aromatic rings. The van der Waals surface area contributed by atoms with Crippen molar-refractivity contribution in [2.24, 2.45) is 17.8 Å². The predicted octanol–water partition coefficient (Wildman–Crippen LogP) is 4.04. The second kappa shape index (κ2) is 6.32. The summed E-state index contributed by atoms with van der Waals surface area (Å²) in [5, 5.41) is 3.29. The van der Waals surface area contributed by atoms with E-state index in [0.717, 1.165) is 34.5 Å². The zero-order valence-corrected chi connectivity index (χ0v) is 15.3. The van der Waals surface area contributed by atoms with E-state index in [1.54, 1.807) is 6.20 Å². The second-order valence-corrected chi connectivity index (χ2v) is 7.93. The van der Waals surface area contributed by atoms with Gasteiger partial charge in [0.1, 0.15) is 0 Å². The Morgan fingerprint density at radius 1 is 1.32 bits per heavy atom. The maximum atomic E-state index is 12.9. The zero-order chi connectivity index (χ0) is 17.6. The van der Waals surface area contributed by atoms with Crippen molar-refractivity contribution < 1.29 is 4.79 Å². The van der Waals surface area contributed by atoms with Crippen LogP contribution < -0.4 is 5.32 Å². The molecule has 0 spiro atoms. The summed E-state index contributed by atoms with van der Waals surface area (Å²) >= 11 is 0. The van der Waals surface area contributed by atoms with Crippen molar-refractivity contribution in [3.8, 4) is 5.69 Å². The molecule has 2 aromatic heterocycles. The van der Waals surface area contributed by atoms with Gasteiger partial charge < -0.3 is 9.88 Å². The SMILES string of the molecule is Cc1cc(C(=O)N[C@H](C)[C@@H]2C[C@H]3CC[C@H]2C3)c(C)n1-c1cccnc1. The molecule has 1 N–H and O–H groups in total. The first-order chi connectivity index (χ1) is 12.0. The predicted molar refractivity (Wildman–Crippen MR) is 98.9 cm³/mol. The lowest BCUT2D eigenvalue weighted by Gasteiger charge is -2.28. The number of nitrogens with one attached hydrogen (secondary N) is 1. The fourth-order valence-corrected chi connectivity index (χ4v) is 5.17. The monoisotopic (exact) mass is 337 g/mol. The van der Waals surface area contributed by atoms with E-state index in [-0.39, 0.29) is 11.9 Å². The number of rotatable bonds is 4. The Balaban J connectivity index is 1.53. The van der Waals surface area contributed by atoms with Gasteiger partial charge in [-0.25, -0.2) is 0 Å². The summed E-state index contributed by atoms with van der Waals surface area (Å²) in [6.07, 6.45) is 9.02. The van der Waals surface area contributed by atoms with E-state index in [9.17, 15) is 4.79 Å². The largest absolute Gasteiger partial charge is 0.349 e. The third kappa shape index (κ3) is 2.88. The average molecular weight is 337 g/mol. The topological polar surface area (TPSA) is 46.9 Å². The van der Waals surface area contributed by atoms with Crippen LogP contribution in [0.25, 0.3) is 5.69 Å². The normalized spacial score (nSPS) is 26.0. The minimum absolute atomic E-state index is 0.0542. The van der Waals surface area contributed by atoms with Crippen molar-refractivity contribution in [3.05, 3.63) is 47.5 Å². The Hall–Kier alpha value is -2.10. The maximum absolute atomic E-state index is 12.9. The third-order valence-electron chi connectivity index (χ3n) is 6.37. The number of carbonyl (C=O) groups is 1. The molecule has 132 valence electrons. The molecule has 4 nitrogen and oxygen atoms in total. The summed E-state index contributed by atoms with van der Waals surface area (Å²) < 4.78 is 2.10. The van der Waals surface area contributed by atoms with Crippen LogP contribution in [0.15, 0.2) is 30.6 Å². The molecule has 2 saturated carbocycles. The first-order valence-corrected chi connectivity index (χ1v) is 9.44. The van der Waals surface area contributed by atoms with Gasteiger partial charge in [-0.1, -0.05) is 6.42 Å². The molecule has 0 unspecified atom stereocenters. The van der Waals surface area contributed by atoms with Gasteiger partial charge in [-0.2, -0.15) is 0 Å². The van der Waals surface area contributed by atoms with Crippen LogP contribution >= 0.6 is 0 Å². The number of hydrogen-bond donors (Lipinski definition) is 1. The Bertz CT molecular complexity index is 780. The van der Waals surface area contributed by atoms with Gasteiger partial charge in [0.25, 0.3) is 5.91 Å². The number of fused-ring (bicyclic) bond motifs is 2. The summed E-state index contributed by atoms with van der Waals surface area (Å²) in [5.41, 5.74) is 3.81. The van der Waals surface area contributed by atoms with Crippen LogP contribution in [0.4, 0.5) is 0 Å². The first kappa shape index (κ1) is 16.4. The zero-order valence-electron chi connectivity index (χ0n) is 15.3. The molecule has 0 aliphatic heterocycles. The first-order valence-electron chi connectivity index (χ1n) is 9.44. The Kier molecular flexibility index (Phi) is 4.14. The summed E-state index contributed by atoms with van der Waals surface area (Å²) in [6, 6.07) is 6.19. The Labute approximate surface area is 149 Å². The molecule has 0 radical (unpaired) electrons. The molecule has 1 amide bonds. The van der Waals surface area contributed by atoms with Crippen LogP contribution in [-0.4, -0.2) is 21.5 Å². The van der Waals surface area contributed by atoms with E-state index >= 15 is 0 Å². The molecule has 4 heteroatoms. The Morgan fingerprint density at radius 3 is 2.80 bits per heavy atom. The van der Waals surface area contributed by atoms with Crippen LogP contribution in [0.2, 0.25) is 0 Å². The average Bonchev–Trinajstić information content (AvgIpc) is 3.30. The van der Waals surface area contributed by atoms with E-state index < -0.39 is 0 Å². The molecule has 0 saturated heterocycles. The molecule has 2 aliphatic carbocycles. The molecule has 2 fully saturated rings. The number of pyridine rings is 1.